The second-order valence-corrected chi connectivity index (χ2v) is 4.75. The monoisotopic (exact) mass is 245 g/mol. The molecule has 0 radical (unpaired) electrons. The zero-order chi connectivity index (χ0) is 13.0. The van der Waals surface area contributed by atoms with E-state index in [0.717, 1.165) is 11.1 Å². The predicted molar refractivity (Wildman–Crippen MR) is 71.9 cm³/mol. The van der Waals surface area contributed by atoms with Gasteiger partial charge in [-0.25, -0.2) is 0 Å². The lowest BCUT2D eigenvalue weighted by atomic mass is 10.1. The van der Waals surface area contributed by atoms with Crippen LogP contribution < -0.4 is 0 Å². The molecule has 96 valence electrons. The van der Waals surface area contributed by atoms with E-state index in [-0.39, 0.29) is 12.0 Å². The summed E-state index contributed by atoms with van der Waals surface area (Å²) in [6.45, 7) is 3.25. The Kier molecular flexibility index (Phi) is 4.15. The minimum absolute atomic E-state index is 0.0447. The van der Waals surface area contributed by atoms with Gasteiger partial charge in [-0.05, 0) is 30.9 Å². The molecule has 1 saturated heterocycles. The largest absolute Gasteiger partial charge is 0.393 e. The van der Waals surface area contributed by atoms with Crippen molar-refractivity contribution in [3.63, 3.8) is 0 Å². The van der Waals surface area contributed by atoms with E-state index in [4.69, 9.17) is 0 Å². The number of rotatable bonds is 2. The Hall–Kier alpha value is -1.61. The molecule has 1 aliphatic heterocycles. The molecule has 0 spiro atoms. The van der Waals surface area contributed by atoms with Crippen molar-refractivity contribution < 1.29 is 9.90 Å². The fraction of sp³-hybridized carbons (Fsp3) is 0.400. The standard InChI is InChI=1S/C15H19NO2/c1-12(13-5-3-2-4-6-13)11-15(18)16-9-7-14(17)8-10-16/h2-6,11,14,17H,7-10H2,1H3. The number of benzene rings is 1. The highest BCUT2D eigenvalue weighted by atomic mass is 16.3. The van der Waals surface area contributed by atoms with E-state index in [1.165, 1.54) is 0 Å². The van der Waals surface area contributed by atoms with Crippen molar-refractivity contribution in [2.75, 3.05) is 13.1 Å². The summed E-state index contributed by atoms with van der Waals surface area (Å²) in [5.74, 6) is 0.0447. The Balaban J connectivity index is 2.02. The lowest BCUT2D eigenvalue weighted by Crippen LogP contribution is -2.39. The predicted octanol–water partition coefficient (Wildman–Crippen LogP) is 2.07. The van der Waals surface area contributed by atoms with Gasteiger partial charge >= 0.3 is 0 Å². The summed E-state index contributed by atoms with van der Waals surface area (Å²) in [6, 6.07) is 9.89. The fourth-order valence-electron chi connectivity index (χ4n) is 2.15. The number of likely N-dealkylation sites (tertiary alicyclic amines) is 1. The van der Waals surface area contributed by atoms with E-state index in [1.54, 1.807) is 11.0 Å². The maximum Gasteiger partial charge on any atom is 0.246 e. The Morgan fingerprint density at radius 2 is 1.89 bits per heavy atom. The third-order valence-electron chi connectivity index (χ3n) is 3.35. The van der Waals surface area contributed by atoms with E-state index in [9.17, 15) is 9.90 Å². The maximum atomic E-state index is 12.1. The first kappa shape index (κ1) is 12.8. The molecule has 1 heterocycles. The SMILES string of the molecule is CC(=CC(=O)N1CCC(O)CC1)c1ccccc1. The number of allylic oxidation sites excluding steroid dienone is 1. The Morgan fingerprint density at radius 1 is 1.28 bits per heavy atom. The molecule has 1 aliphatic rings. The van der Waals surface area contributed by atoms with E-state index in [2.05, 4.69) is 0 Å². The highest BCUT2D eigenvalue weighted by Gasteiger charge is 2.19. The van der Waals surface area contributed by atoms with E-state index >= 15 is 0 Å². The van der Waals surface area contributed by atoms with Crippen LogP contribution in [0.15, 0.2) is 36.4 Å². The molecular weight excluding hydrogens is 226 g/mol. The summed E-state index contributed by atoms with van der Waals surface area (Å²) in [6.07, 6.45) is 2.81. The van der Waals surface area contributed by atoms with E-state index < -0.39 is 0 Å². The van der Waals surface area contributed by atoms with Crippen LogP contribution >= 0.6 is 0 Å². The van der Waals surface area contributed by atoms with Crippen LogP contribution in [-0.4, -0.2) is 35.1 Å². The zero-order valence-corrected chi connectivity index (χ0v) is 10.7. The lowest BCUT2D eigenvalue weighted by Gasteiger charge is -2.28. The summed E-state index contributed by atoms with van der Waals surface area (Å²) in [7, 11) is 0. The molecular formula is C15H19NO2. The Morgan fingerprint density at radius 3 is 2.50 bits per heavy atom. The summed E-state index contributed by atoms with van der Waals surface area (Å²) in [5, 5.41) is 9.42. The van der Waals surface area contributed by atoms with Crippen LogP contribution in [0, 0.1) is 0 Å². The smallest absolute Gasteiger partial charge is 0.246 e. The molecule has 1 amide bonds. The van der Waals surface area contributed by atoms with Crippen molar-refractivity contribution >= 4 is 11.5 Å². The van der Waals surface area contributed by atoms with Crippen LogP contribution in [0.2, 0.25) is 0 Å². The number of aliphatic hydroxyl groups excluding tert-OH is 1. The summed E-state index contributed by atoms with van der Waals surface area (Å²) in [4.78, 5) is 13.9. The molecule has 1 N–H and O–H groups in total. The van der Waals surface area contributed by atoms with Gasteiger partial charge in [-0.2, -0.15) is 0 Å². The summed E-state index contributed by atoms with van der Waals surface area (Å²) in [5.41, 5.74) is 2.05. The quantitative estimate of drug-likeness (QED) is 0.810. The molecule has 0 bridgehead atoms. The van der Waals surface area contributed by atoms with Gasteiger partial charge in [-0.3, -0.25) is 4.79 Å². The molecule has 2 rings (SSSR count). The number of nitrogens with zero attached hydrogens (tertiary/aromatic N) is 1. The van der Waals surface area contributed by atoms with Gasteiger partial charge in [0.2, 0.25) is 5.91 Å². The zero-order valence-electron chi connectivity index (χ0n) is 10.7. The maximum absolute atomic E-state index is 12.1. The second kappa shape index (κ2) is 5.83. The third kappa shape index (κ3) is 3.20. The molecule has 0 aliphatic carbocycles. The highest BCUT2D eigenvalue weighted by molar-refractivity contribution is 5.94. The Bertz CT molecular complexity index is 431. The molecule has 1 aromatic carbocycles. The van der Waals surface area contributed by atoms with Crippen molar-refractivity contribution in [1.29, 1.82) is 0 Å². The van der Waals surface area contributed by atoms with Gasteiger partial charge in [-0.15, -0.1) is 0 Å². The average molecular weight is 245 g/mol. The van der Waals surface area contributed by atoms with E-state index in [1.807, 2.05) is 37.3 Å². The Labute approximate surface area is 108 Å². The molecule has 18 heavy (non-hydrogen) atoms. The van der Waals surface area contributed by atoms with Gasteiger partial charge < -0.3 is 10.0 Å². The van der Waals surface area contributed by atoms with Crippen molar-refractivity contribution in [3.05, 3.63) is 42.0 Å². The summed E-state index contributed by atoms with van der Waals surface area (Å²) >= 11 is 0. The second-order valence-electron chi connectivity index (χ2n) is 4.75. The van der Waals surface area contributed by atoms with Crippen LogP contribution in [0.3, 0.4) is 0 Å². The molecule has 3 nitrogen and oxygen atoms in total. The molecule has 3 heteroatoms. The minimum atomic E-state index is -0.242. The number of amides is 1. The van der Waals surface area contributed by atoms with Gasteiger partial charge in [0.1, 0.15) is 0 Å². The highest BCUT2D eigenvalue weighted by Crippen LogP contribution is 2.15. The topological polar surface area (TPSA) is 40.5 Å². The lowest BCUT2D eigenvalue weighted by molar-refractivity contribution is -0.127. The number of carbonyl (C=O) groups is 1. The van der Waals surface area contributed by atoms with Gasteiger partial charge in [0.25, 0.3) is 0 Å². The van der Waals surface area contributed by atoms with Crippen molar-refractivity contribution in [3.8, 4) is 0 Å². The first-order valence-corrected chi connectivity index (χ1v) is 6.37. The fourth-order valence-corrected chi connectivity index (χ4v) is 2.15. The molecule has 1 fully saturated rings. The van der Waals surface area contributed by atoms with E-state index in [0.29, 0.717) is 25.9 Å². The van der Waals surface area contributed by atoms with Gasteiger partial charge in [0.15, 0.2) is 0 Å². The molecule has 0 unspecified atom stereocenters. The number of carbonyl (C=O) groups excluding carboxylic acids is 1. The first-order chi connectivity index (χ1) is 8.66. The minimum Gasteiger partial charge on any atom is -0.393 e. The number of hydrogen-bond acceptors (Lipinski definition) is 2. The van der Waals surface area contributed by atoms with Crippen LogP contribution in [0.5, 0.6) is 0 Å². The third-order valence-corrected chi connectivity index (χ3v) is 3.35. The van der Waals surface area contributed by atoms with Crippen LogP contribution in [0.1, 0.15) is 25.3 Å². The van der Waals surface area contributed by atoms with Crippen LogP contribution in [-0.2, 0) is 4.79 Å². The first-order valence-electron chi connectivity index (χ1n) is 6.37. The van der Waals surface area contributed by atoms with Gasteiger partial charge in [0, 0.05) is 19.2 Å². The van der Waals surface area contributed by atoms with Crippen molar-refractivity contribution in [2.45, 2.75) is 25.9 Å². The van der Waals surface area contributed by atoms with Crippen molar-refractivity contribution in [1.82, 2.24) is 4.90 Å². The molecule has 1 aromatic rings. The average Bonchev–Trinajstić information content (AvgIpc) is 2.40. The number of aliphatic hydroxyl groups is 1. The molecule has 0 atom stereocenters. The summed E-state index contributed by atoms with van der Waals surface area (Å²) < 4.78 is 0. The van der Waals surface area contributed by atoms with Gasteiger partial charge in [-0.1, -0.05) is 30.3 Å². The number of hydrogen-bond donors (Lipinski definition) is 1. The van der Waals surface area contributed by atoms with Crippen LogP contribution in [0.25, 0.3) is 5.57 Å². The van der Waals surface area contributed by atoms with Crippen molar-refractivity contribution in [2.24, 2.45) is 0 Å². The van der Waals surface area contributed by atoms with Gasteiger partial charge in [0.05, 0.1) is 6.10 Å². The van der Waals surface area contributed by atoms with Crippen LogP contribution in [0.4, 0.5) is 0 Å². The number of piperidine rings is 1. The molecule has 0 saturated carbocycles. The molecule has 0 aromatic heterocycles. The normalized spacial score (nSPS) is 17.9.